The molecule has 1 aliphatic carbocycles. The van der Waals surface area contributed by atoms with Crippen LogP contribution in [0.4, 0.5) is 34.5 Å². The van der Waals surface area contributed by atoms with Crippen LogP contribution in [0.1, 0.15) is 51.5 Å². The Bertz CT molecular complexity index is 1650. The van der Waals surface area contributed by atoms with Gasteiger partial charge in [0.15, 0.2) is 15.7 Å². The van der Waals surface area contributed by atoms with Gasteiger partial charge in [-0.2, -0.15) is 4.98 Å². The van der Waals surface area contributed by atoms with Crippen molar-refractivity contribution in [2.75, 3.05) is 47.0 Å². The van der Waals surface area contributed by atoms with Crippen LogP contribution >= 0.6 is 11.6 Å². The first-order valence-corrected chi connectivity index (χ1v) is 17.5. The Morgan fingerprint density at radius 1 is 1.02 bits per heavy atom. The van der Waals surface area contributed by atoms with Gasteiger partial charge in [-0.05, 0) is 69.5 Å². The van der Waals surface area contributed by atoms with Gasteiger partial charge in [-0.15, -0.1) is 0 Å². The van der Waals surface area contributed by atoms with Crippen LogP contribution in [-0.2, 0) is 14.6 Å². The third kappa shape index (κ3) is 7.59. The van der Waals surface area contributed by atoms with Crippen molar-refractivity contribution < 1.29 is 13.2 Å². The second-order valence-electron chi connectivity index (χ2n) is 11.9. The smallest absolute Gasteiger partial charge is 0.247 e. The lowest BCUT2D eigenvalue weighted by Gasteiger charge is -2.42. The fraction of sp³-hybridized carbons (Fsp3) is 0.424. The van der Waals surface area contributed by atoms with E-state index in [0.29, 0.717) is 23.1 Å². The molecule has 0 atom stereocenters. The van der Waals surface area contributed by atoms with Crippen molar-refractivity contribution in [2.24, 2.45) is 0 Å². The van der Waals surface area contributed by atoms with Crippen molar-refractivity contribution in [1.82, 2.24) is 14.9 Å². The van der Waals surface area contributed by atoms with Gasteiger partial charge in [-0.1, -0.05) is 49.6 Å². The van der Waals surface area contributed by atoms with E-state index in [1.807, 2.05) is 13.0 Å². The Labute approximate surface area is 271 Å². The lowest BCUT2D eigenvalue weighted by atomic mass is 9.94. The molecule has 0 radical (unpaired) electrons. The predicted molar refractivity (Wildman–Crippen MR) is 183 cm³/mol. The number of nitrogens with one attached hydrogen (secondary N) is 3. The van der Waals surface area contributed by atoms with Gasteiger partial charge in [-0.3, -0.25) is 9.69 Å². The first-order chi connectivity index (χ1) is 21.6. The highest BCUT2D eigenvalue weighted by Gasteiger charge is 2.27. The Hall–Kier alpha value is -3.67. The number of benzene rings is 2. The number of carbonyl (C=O) groups is 1. The highest BCUT2D eigenvalue weighted by atomic mass is 35.5. The van der Waals surface area contributed by atoms with Gasteiger partial charge in [0.05, 0.1) is 33.4 Å². The molecule has 1 aromatic heterocycles. The maximum Gasteiger partial charge on any atom is 0.247 e. The normalized spacial score (nSPS) is 16.4. The summed E-state index contributed by atoms with van der Waals surface area (Å²) in [5.74, 6) is 0.214. The van der Waals surface area contributed by atoms with E-state index in [1.165, 1.54) is 44.4 Å². The van der Waals surface area contributed by atoms with E-state index < -0.39 is 15.1 Å². The second-order valence-corrected chi connectivity index (χ2v) is 14.8. The lowest BCUT2D eigenvalue weighted by molar-refractivity contribution is -0.111. The number of rotatable bonds is 10. The molecule has 3 N–H and O–H groups in total. The zero-order chi connectivity index (χ0) is 32.1. The van der Waals surface area contributed by atoms with Gasteiger partial charge in [0.2, 0.25) is 11.9 Å². The van der Waals surface area contributed by atoms with E-state index in [2.05, 4.69) is 48.4 Å². The molecule has 1 saturated carbocycles. The minimum atomic E-state index is -3.56. The number of amides is 1. The van der Waals surface area contributed by atoms with E-state index in [9.17, 15) is 13.2 Å². The van der Waals surface area contributed by atoms with Crippen LogP contribution in [0.3, 0.4) is 0 Å². The molecule has 240 valence electrons. The van der Waals surface area contributed by atoms with E-state index in [4.69, 9.17) is 11.6 Å². The fourth-order valence-corrected chi connectivity index (χ4v) is 7.32. The summed E-state index contributed by atoms with van der Waals surface area (Å²) < 4.78 is 25.9. The molecule has 12 heteroatoms. The van der Waals surface area contributed by atoms with Gasteiger partial charge >= 0.3 is 0 Å². The van der Waals surface area contributed by atoms with Crippen molar-refractivity contribution in [3.63, 3.8) is 0 Å². The molecule has 0 spiro atoms. The summed E-state index contributed by atoms with van der Waals surface area (Å²) in [5.41, 5.74) is 3.64. The van der Waals surface area contributed by atoms with E-state index in [1.54, 1.807) is 38.1 Å². The van der Waals surface area contributed by atoms with Crippen molar-refractivity contribution in [1.29, 1.82) is 0 Å². The molecule has 1 saturated heterocycles. The first-order valence-electron chi connectivity index (χ1n) is 15.5. The molecular weight excluding hydrogens is 610 g/mol. The van der Waals surface area contributed by atoms with Crippen molar-refractivity contribution >= 4 is 61.9 Å². The summed E-state index contributed by atoms with van der Waals surface area (Å²) in [6.07, 6.45) is 9.26. The van der Waals surface area contributed by atoms with Crippen molar-refractivity contribution in [3.8, 4) is 0 Å². The number of sulfone groups is 1. The molecule has 2 heterocycles. The molecule has 3 aromatic rings. The summed E-state index contributed by atoms with van der Waals surface area (Å²) in [6.45, 7) is 12.6. The maximum absolute atomic E-state index is 13.0. The zero-order valence-corrected chi connectivity index (χ0v) is 27.7. The van der Waals surface area contributed by atoms with Gasteiger partial charge in [0.25, 0.3) is 0 Å². The van der Waals surface area contributed by atoms with Crippen LogP contribution < -0.4 is 20.9 Å². The molecule has 2 aliphatic rings. The maximum atomic E-state index is 13.0. The first kappa shape index (κ1) is 32.7. The summed E-state index contributed by atoms with van der Waals surface area (Å²) in [6, 6.07) is 11.3. The second kappa shape index (κ2) is 14.2. The van der Waals surface area contributed by atoms with E-state index >= 15 is 0 Å². The summed E-state index contributed by atoms with van der Waals surface area (Å²) in [7, 11) is -3.56. The van der Waals surface area contributed by atoms with Crippen molar-refractivity contribution in [3.05, 3.63) is 65.8 Å². The molecular formula is C33H42ClN7O3S. The summed E-state index contributed by atoms with van der Waals surface area (Å²) >= 11 is 6.44. The molecule has 0 bridgehead atoms. The van der Waals surface area contributed by atoms with Crippen LogP contribution in [-0.4, -0.2) is 66.7 Å². The number of aryl methyl sites for hydroxylation is 1. The number of hydrogen-bond acceptors (Lipinski definition) is 9. The van der Waals surface area contributed by atoms with Crippen LogP contribution in [0.2, 0.25) is 5.02 Å². The Kier molecular flexibility index (Phi) is 10.3. The molecule has 1 amide bonds. The Balaban J connectivity index is 1.39. The Morgan fingerprint density at radius 2 is 1.73 bits per heavy atom. The lowest BCUT2D eigenvalue weighted by Crippen LogP contribution is -2.51. The monoisotopic (exact) mass is 651 g/mol. The number of hydrogen-bond donors (Lipinski definition) is 3. The highest BCUT2D eigenvalue weighted by molar-refractivity contribution is 7.92. The molecule has 10 nitrogen and oxygen atoms in total. The molecule has 2 aromatic carbocycles. The molecule has 1 aliphatic heterocycles. The average Bonchev–Trinajstić information content (AvgIpc) is 3.04. The van der Waals surface area contributed by atoms with Gasteiger partial charge in [0.1, 0.15) is 5.02 Å². The standard InChI is InChI=1S/C33H42ClN7O3S/c1-5-31(42)36-28-20-27(23(4)19-29(28)41-17-15-40(16-18-41)24-11-7-6-8-12-24)38-33-35-21-25(34)32(39-33)37-26-13-9-10-14-30(26)45(43,44)22(2)3/h5,9-10,13-14,19-22,24H,1,6-8,11-12,15-18H2,2-4H3,(H,36,42)(H2,35,37,38,39). The quantitative estimate of drug-likeness (QED) is 0.206. The number of nitrogens with zero attached hydrogens (tertiary/aromatic N) is 4. The SMILES string of the molecule is C=CC(=O)Nc1cc(Nc2ncc(Cl)c(Nc3ccccc3S(=O)(=O)C(C)C)n2)c(C)cc1N1CCN(C2CCCCC2)CC1. The number of halogens is 1. The van der Waals surface area contributed by atoms with E-state index in [-0.39, 0.29) is 27.6 Å². The van der Waals surface area contributed by atoms with Gasteiger partial charge in [0, 0.05) is 37.9 Å². The number of para-hydroxylation sites is 1. The third-order valence-electron chi connectivity index (χ3n) is 8.59. The average molecular weight is 652 g/mol. The van der Waals surface area contributed by atoms with Crippen LogP contribution in [0.5, 0.6) is 0 Å². The van der Waals surface area contributed by atoms with Crippen molar-refractivity contribution in [2.45, 2.75) is 69.1 Å². The van der Waals surface area contributed by atoms with Crippen LogP contribution in [0.25, 0.3) is 0 Å². The molecule has 45 heavy (non-hydrogen) atoms. The topological polar surface area (TPSA) is 120 Å². The van der Waals surface area contributed by atoms with Crippen LogP contribution in [0.15, 0.2) is 60.1 Å². The minimum absolute atomic E-state index is 0.165. The molecule has 5 rings (SSSR count). The molecule has 0 unspecified atom stereocenters. The number of piperazine rings is 1. The summed E-state index contributed by atoms with van der Waals surface area (Å²) in [4.78, 5) is 26.5. The van der Waals surface area contributed by atoms with Gasteiger partial charge < -0.3 is 20.9 Å². The zero-order valence-electron chi connectivity index (χ0n) is 26.1. The summed E-state index contributed by atoms with van der Waals surface area (Å²) in [5, 5.41) is 8.96. The van der Waals surface area contributed by atoms with Gasteiger partial charge in [-0.25, -0.2) is 13.4 Å². The third-order valence-corrected chi connectivity index (χ3v) is 11.1. The largest absolute Gasteiger partial charge is 0.367 e. The van der Waals surface area contributed by atoms with Crippen LogP contribution in [0, 0.1) is 6.92 Å². The van der Waals surface area contributed by atoms with E-state index in [0.717, 1.165) is 37.4 Å². The number of aromatic nitrogens is 2. The predicted octanol–water partition coefficient (Wildman–Crippen LogP) is 6.69. The number of carbonyl (C=O) groups excluding carboxylic acids is 1. The highest BCUT2D eigenvalue weighted by Crippen LogP contribution is 2.36. The Morgan fingerprint density at radius 3 is 2.42 bits per heavy atom. The molecule has 2 fully saturated rings. The fourth-order valence-electron chi connectivity index (χ4n) is 5.98. The number of anilines is 6. The minimum Gasteiger partial charge on any atom is -0.367 e.